The van der Waals surface area contributed by atoms with Crippen LogP contribution in [0, 0.1) is 5.92 Å². The number of methoxy groups -OCH3 is 1. The molecule has 0 bridgehead atoms. The summed E-state index contributed by atoms with van der Waals surface area (Å²) in [5.41, 5.74) is 0.974. The average Bonchev–Trinajstić information content (AvgIpc) is 2.71. The fraction of sp³-hybridized carbons (Fsp3) is 0.462. The number of anilines is 1. The molecule has 1 unspecified atom stereocenters. The van der Waals surface area contributed by atoms with Crippen LogP contribution >= 0.6 is 0 Å². The molecule has 1 aliphatic rings. The third-order valence-electron chi connectivity index (χ3n) is 3.17. The van der Waals surface area contributed by atoms with Crippen LogP contribution in [0.15, 0.2) is 24.3 Å². The summed E-state index contributed by atoms with van der Waals surface area (Å²) >= 11 is 0. The topological polar surface area (TPSA) is 29.5 Å². The molecule has 1 amide bonds. The number of ether oxygens (including phenoxy) is 1. The highest BCUT2D eigenvalue weighted by molar-refractivity contribution is 5.95. The van der Waals surface area contributed by atoms with Gasteiger partial charge in [0.15, 0.2) is 0 Å². The summed E-state index contributed by atoms with van der Waals surface area (Å²) in [5, 5.41) is 0. The monoisotopic (exact) mass is 219 g/mol. The molecule has 0 saturated carbocycles. The second-order valence-corrected chi connectivity index (χ2v) is 4.18. The zero-order valence-corrected chi connectivity index (χ0v) is 9.77. The van der Waals surface area contributed by atoms with Crippen LogP contribution in [0.4, 0.5) is 5.69 Å². The second-order valence-electron chi connectivity index (χ2n) is 4.18. The molecule has 1 fully saturated rings. The van der Waals surface area contributed by atoms with E-state index in [2.05, 4.69) is 6.92 Å². The van der Waals surface area contributed by atoms with Gasteiger partial charge in [0.2, 0.25) is 5.91 Å². The lowest BCUT2D eigenvalue weighted by atomic mass is 10.1. The van der Waals surface area contributed by atoms with Crippen LogP contribution in [0.2, 0.25) is 0 Å². The highest BCUT2D eigenvalue weighted by Gasteiger charge is 2.29. The van der Waals surface area contributed by atoms with Crippen molar-refractivity contribution in [2.75, 3.05) is 18.6 Å². The summed E-state index contributed by atoms with van der Waals surface area (Å²) in [4.78, 5) is 13.7. The van der Waals surface area contributed by atoms with Crippen molar-refractivity contribution in [1.29, 1.82) is 0 Å². The van der Waals surface area contributed by atoms with E-state index in [0.29, 0.717) is 12.3 Å². The van der Waals surface area contributed by atoms with Gasteiger partial charge in [0.05, 0.1) is 7.11 Å². The standard InChI is InChI=1S/C13H17NO2/c1-3-10-8-13(15)14(9-10)11-4-6-12(16-2)7-5-11/h4-7,10H,3,8-9H2,1-2H3. The van der Waals surface area contributed by atoms with E-state index >= 15 is 0 Å². The van der Waals surface area contributed by atoms with Gasteiger partial charge in [0, 0.05) is 18.7 Å². The molecule has 3 heteroatoms. The van der Waals surface area contributed by atoms with Gasteiger partial charge in [-0.1, -0.05) is 13.3 Å². The van der Waals surface area contributed by atoms with E-state index in [4.69, 9.17) is 4.74 Å². The lowest BCUT2D eigenvalue weighted by Crippen LogP contribution is -2.24. The number of benzene rings is 1. The Hall–Kier alpha value is -1.51. The van der Waals surface area contributed by atoms with E-state index in [9.17, 15) is 4.79 Å². The van der Waals surface area contributed by atoms with Crippen LogP contribution in [0.3, 0.4) is 0 Å². The van der Waals surface area contributed by atoms with Gasteiger partial charge in [-0.3, -0.25) is 4.79 Å². The highest BCUT2D eigenvalue weighted by Crippen LogP contribution is 2.27. The van der Waals surface area contributed by atoms with Crippen molar-refractivity contribution in [3.05, 3.63) is 24.3 Å². The van der Waals surface area contributed by atoms with Crippen molar-refractivity contribution in [2.24, 2.45) is 5.92 Å². The molecule has 1 aromatic carbocycles. The Morgan fingerprint density at radius 2 is 2.06 bits per heavy atom. The van der Waals surface area contributed by atoms with Crippen molar-refractivity contribution in [3.8, 4) is 5.75 Å². The van der Waals surface area contributed by atoms with Gasteiger partial charge in [-0.05, 0) is 30.2 Å². The Balaban J connectivity index is 2.15. The van der Waals surface area contributed by atoms with Gasteiger partial charge in [-0.25, -0.2) is 0 Å². The zero-order valence-electron chi connectivity index (χ0n) is 9.77. The number of nitrogens with zero attached hydrogens (tertiary/aromatic N) is 1. The first-order chi connectivity index (χ1) is 7.74. The summed E-state index contributed by atoms with van der Waals surface area (Å²) in [6.07, 6.45) is 1.75. The Morgan fingerprint density at radius 1 is 1.38 bits per heavy atom. The SMILES string of the molecule is CCC1CC(=O)N(c2ccc(OC)cc2)C1. The van der Waals surface area contributed by atoms with Crippen molar-refractivity contribution in [1.82, 2.24) is 0 Å². The Kier molecular flexibility index (Phi) is 3.13. The smallest absolute Gasteiger partial charge is 0.227 e. The summed E-state index contributed by atoms with van der Waals surface area (Å²) < 4.78 is 5.10. The van der Waals surface area contributed by atoms with E-state index in [1.54, 1.807) is 7.11 Å². The average molecular weight is 219 g/mol. The first-order valence-corrected chi connectivity index (χ1v) is 5.69. The molecule has 0 N–H and O–H groups in total. The van der Waals surface area contributed by atoms with Gasteiger partial charge < -0.3 is 9.64 Å². The molecular weight excluding hydrogens is 202 g/mol. The molecule has 3 nitrogen and oxygen atoms in total. The van der Waals surface area contributed by atoms with Crippen LogP contribution < -0.4 is 9.64 Å². The molecule has 1 aromatic rings. The lowest BCUT2D eigenvalue weighted by Gasteiger charge is -2.16. The van der Waals surface area contributed by atoms with Gasteiger partial charge in [-0.15, -0.1) is 0 Å². The van der Waals surface area contributed by atoms with Gasteiger partial charge in [0.1, 0.15) is 5.75 Å². The molecule has 16 heavy (non-hydrogen) atoms. The maximum Gasteiger partial charge on any atom is 0.227 e. The van der Waals surface area contributed by atoms with Crippen molar-refractivity contribution >= 4 is 11.6 Å². The molecule has 1 atom stereocenters. The Labute approximate surface area is 96.0 Å². The van der Waals surface area contributed by atoms with Crippen LogP contribution in [-0.2, 0) is 4.79 Å². The van der Waals surface area contributed by atoms with E-state index < -0.39 is 0 Å². The molecule has 0 radical (unpaired) electrons. The van der Waals surface area contributed by atoms with Gasteiger partial charge in [-0.2, -0.15) is 0 Å². The minimum atomic E-state index is 0.233. The van der Waals surface area contributed by atoms with E-state index in [1.807, 2.05) is 29.2 Å². The second kappa shape index (κ2) is 4.56. The van der Waals surface area contributed by atoms with E-state index in [1.165, 1.54) is 0 Å². The fourth-order valence-corrected chi connectivity index (χ4v) is 2.07. The normalized spacial score (nSPS) is 20.2. The number of rotatable bonds is 3. The van der Waals surface area contributed by atoms with Crippen molar-refractivity contribution < 1.29 is 9.53 Å². The summed E-state index contributed by atoms with van der Waals surface area (Å²) in [6, 6.07) is 7.66. The largest absolute Gasteiger partial charge is 0.497 e. The lowest BCUT2D eigenvalue weighted by molar-refractivity contribution is -0.117. The number of hydrogen-bond acceptors (Lipinski definition) is 2. The fourth-order valence-electron chi connectivity index (χ4n) is 2.07. The molecule has 1 aliphatic heterocycles. The molecule has 0 aliphatic carbocycles. The Bertz CT molecular complexity index is 372. The molecule has 0 spiro atoms. The number of hydrogen-bond donors (Lipinski definition) is 0. The maximum absolute atomic E-state index is 11.8. The highest BCUT2D eigenvalue weighted by atomic mass is 16.5. The minimum Gasteiger partial charge on any atom is -0.497 e. The van der Waals surface area contributed by atoms with Crippen LogP contribution in [0.1, 0.15) is 19.8 Å². The van der Waals surface area contributed by atoms with Crippen molar-refractivity contribution in [3.63, 3.8) is 0 Å². The molecule has 0 aromatic heterocycles. The predicted octanol–water partition coefficient (Wildman–Crippen LogP) is 2.46. The number of amides is 1. The molecular formula is C13H17NO2. The van der Waals surface area contributed by atoms with Crippen LogP contribution in [-0.4, -0.2) is 19.6 Å². The quantitative estimate of drug-likeness (QED) is 0.781. The van der Waals surface area contributed by atoms with Gasteiger partial charge in [0.25, 0.3) is 0 Å². The molecule has 86 valence electrons. The summed E-state index contributed by atoms with van der Waals surface area (Å²) in [6.45, 7) is 2.98. The summed E-state index contributed by atoms with van der Waals surface area (Å²) in [5.74, 6) is 1.56. The Morgan fingerprint density at radius 3 is 2.56 bits per heavy atom. The third kappa shape index (κ3) is 2.03. The van der Waals surface area contributed by atoms with Crippen LogP contribution in [0.25, 0.3) is 0 Å². The molecule has 1 heterocycles. The van der Waals surface area contributed by atoms with E-state index in [-0.39, 0.29) is 5.91 Å². The van der Waals surface area contributed by atoms with Crippen LogP contribution in [0.5, 0.6) is 5.75 Å². The predicted molar refractivity (Wildman–Crippen MR) is 63.7 cm³/mol. The maximum atomic E-state index is 11.8. The van der Waals surface area contributed by atoms with Crippen molar-refractivity contribution in [2.45, 2.75) is 19.8 Å². The number of carbonyl (C=O) groups is 1. The first-order valence-electron chi connectivity index (χ1n) is 5.69. The summed E-state index contributed by atoms with van der Waals surface area (Å²) in [7, 11) is 1.64. The zero-order chi connectivity index (χ0) is 11.5. The van der Waals surface area contributed by atoms with E-state index in [0.717, 1.165) is 24.4 Å². The molecule has 1 saturated heterocycles. The van der Waals surface area contributed by atoms with Gasteiger partial charge >= 0.3 is 0 Å². The first kappa shape index (κ1) is 11.0. The molecule has 2 rings (SSSR count). The third-order valence-corrected chi connectivity index (χ3v) is 3.17. The number of carbonyl (C=O) groups excluding carboxylic acids is 1. The minimum absolute atomic E-state index is 0.233.